The summed E-state index contributed by atoms with van der Waals surface area (Å²) in [6, 6.07) is 19.5. The number of nitriles is 1. The van der Waals surface area contributed by atoms with Crippen molar-refractivity contribution < 1.29 is 14.3 Å². The second-order valence-electron chi connectivity index (χ2n) is 10.6. The van der Waals surface area contributed by atoms with Gasteiger partial charge >= 0.3 is 5.97 Å². The maximum Gasteiger partial charge on any atom is 0.324 e. The number of carbonyl (C=O) groups excluding carboxylic acids is 1. The molecule has 0 aliphatic heterocycles. The SMILES string of the molecule is CCCCC1(C#N)CCC(c2ccc(-c3ccc(OCC(C)OC(=O)C(Cl)C(C)C)cc3)cc2)CC1. The molecule has 4 nitrogen and oxygen atoms in total. The average Bonchev–Trinajstić information content (AvgIpc) is 2.91. The molecule has 5 heteroatoms. The number of esters is 1. The van der Waals surface area contributed by atoms with Crippen molar-refractivity contribution in [3.05, 3.63) is 54.1 Å². The van der Waals surface area contributed by atoms with Gasteiger partial charge in [0.05, 0.1) is 11.5 Å². The van der Waals surface area contributed by atoms with Crippen LogP contribution >= 0.6 is 11.6 Å². The molecular weight excluding hydrogens is 470 g/mol. The standard InChI is InChI=1S/C31H40ClNO3/c1-5-6-17-31(21-33)18-15-27(16-19-31)25-9-7-24(8-10-25)26-11-13-28(14-12-26)35-20-23(4)36-30(34)29(32)22(2)3/h7-14,22-23,27,29H,5-6,15-20H2,1-4H3. The van der Waals surface area contributed by atoms with Gasteiger partial charge in [0.2, 0.25) is 0 Å². The van der Waals surface area contributed by atoms with E-state index in [1.54, 1.807) is 6.92 Å². The molecule has 1 aliphatic carbocycles. The highest BCUT2D eigenvalue weighted by Gasteiger charge is 2.35. The van der Waals surface area contributed by atoms with Crippen LogP contribution in [-0.4, -0.2) is 24.1 Å². The molecule has 2 aromatic rings. The zero-order valence-electron chi connectivity index (χ0n) is 22.1. The highest BCUT2D eigenvalue weighted by molar-refractivity contribution is 6.30. The molecule has 36 heavy (non-hydrogen) atoms. The van der Waals surface area contributed by atoms with Crippen molar-refractivity contribution in [3.8, 4) is 22.9 Å². The van der Waals surface area contributed by atoms with E-state index in [0.29, 0.717) is 5.92 Å². The Balaban J connectivity index is 1.51. The molecule has 1 saturated carbocycles. The Bertz CT molecular complexity index is 1000. The first-order valence-corrected chi connectivity index (χ1v) is 13.8. The van der Waals surface area contributed by atoms with Crippen LogP contribution in [0.2, 0.25) is 0 Å². The van der Waals surface area contributed by atoms with E-state index in [1.165, 1.54) is 11.1 Å². The molecule has 194 valence electrons. The fraction of sp³-hybridized carbons (Fsp3) is 0.548. The van der Waals surface area contributed by atoms with Crippen molar-refractivity contribution in [2.45, 2.75) is 90.0 Å². The molecule has 2 aromatic carbocycles. The number of alkyl halides is 1. The zero-order chi connectivity index (χ0) is 26.1. The van der Waals surface area contributed by atoms with Gasteiger partial charge in [-0.2, -0.15) is 5.26 Å². The molecule has 0 amide bonds. The summed E-state index contributed by atoms with van der Waals surface area (Å²) in [4.78, 5) is 12.0. The van der Waals surface area contributed by atoms with Crippen LogP contribution in [0.1, 0.15) is 84.1 Å². The summed E-state index contributed by atoms with van der Waals surface area (Å²) in [7, 11) is 0. The fourth-order valence-electron chi connectivity index (χ4n) is 4.91. The van der Waals surface area contributed by atoms with Crippen molar-refractivity contribution >= 4 is 17.6 Å². The molecule has 0 N–H and O–H groups in total. The van der Waals surface area contributed by atoms with Gasteiger partial charge in [0.1, 0.15) is 23.8 Å². The summed E-state index contributed by atoms with van der Waals surface area (Å²) >= 11 is 6.06. The molecule has 0 heterocycles. The molecule has 0 saturated heterocycles. The maximum absolute atomic E-state index is 12.0. The van der Waals surface area contributed by atoms with Gasteiger partial charge in [-0.3, -0.25) is 4.79 Å². The third-order valence-corrected chi connectivity index (χ3v) is 8.05. The Morgan fingerprint density at radius 1 is 1.06 bits per heavy atom. The minimum atomic E-state index is -0.645. The Labute approximate surface area is 222 Å². The molecular formula is C31H40ClNO3. The van der Waals surface area contributed by atoms with Crippen molar-refractivity contribution in [3.63, 3.8) is 0 Å². The predicted octanol–water partition coefficient (Wildman–Crippen LogP) is 8.29. The normalized spacial score (nSPS) is 21.4. The number of nitrogens with zero attached hydrogens (tertiary/aromatic N) is 1. The molecule has 3 rings (SSSR count). The number of carbonyl (C=O) groups is 1. The lowest BCUT2D eigenvalue weighted by atomic mass is 9.67. The van der Waals surface area contributed by atoms with Crippen LogP contribution in [0.15, 0.2) is 48.5 Å². The molecule has 2 atom stereocenters. The van der Waals surface area contributed by atoms with E-state index in [1.807, 2.05) is 38.1 Å². The maximum atomic E-state index is 12.0. The van der Waals surface area contributed by atoms with Crippen molar-refractivity contribution in [2.75, 3.05) is 6.61 Å². The van der Waals surface area contributed by atoms with E-state index in [9.17, 15) is 10.1 Å². The van der Waals surface area contributed by atoms with Crippen molar-refractivity contribution in [1.29, 1.82) is 5.26 Å². The van der Waals surface area contributed by atoms with Crippen molar-refractivity contribution in [1.82, 2.24) is 0 Å². The van der Waals surface area contributed by atoms with Crippen LogP contribution in [0.25, 0.3) is 11.1 Å². The first-order valence-electron chi connectivity index (χ1n) is 13.4. The van der Waals surface area contributed by atoms with Gasteiger partial charge in [-0.05, 0) is 79.7 Å². The monoisotopic (exact) mass is 509 g/mol. The number of hydrogen-bond acceptors (Lipinski definition) is 4. The van der Waals surface area contributed by atoms with E-state index in [4.69, 9.17) is 21.1 Å². The topological polar surface area (TPSA) is 59.3 Å². The number of ether oxygens (including phenoxy) is 2. The smallest absolute Gasteiger partial charge is 0.324 e. The summed E-state index contributed by atoms with van der Waals surface area (Å²) in [6.45, 7) is 8.05. The molecule has 2 unspecified atom stereocenters. The van der Waals surface area contributed by atoms with Crippen LogP contribution in [0.4, 0.5) is 0 Å². The zero-order valence-corrected chi connectivity index (χ0v) is 22.9. The lowest BCUT2D eigenvalue weighted by Gasteiger charge is -2.35. The highest BCUT2D eigenvalue weighted by atomic mass is 35.5. The summed E-state index contributed by atoms with van der Waals surface area (Å²) in [5, 5.41) is 9.11. The largest absolute Gasteiger partial charge is 0.490 e. The first-order chi connectivity index (χ1) is 17.3. The van der Waals surface area contributed by atoms with Gasteiger partial charge in [-0.1, -0.05) is 70.0 Å². The summed E-state index contributed by atoms with van der Waals surface area (Å²) in [6.07, 6.45) is 7.19. The van der Waals surface area contributed by atoms with E-state index < -0.39 is 11.3 Å². The molecule has 0 bridgehead atoms. The summed E-state index contributed by atoms with van der Waals surface area (Å²) in [5.74, 6) is 0.894. The van der Waals surface area contributed by atoms with Gasteiger partial charge in [0, 0.05) is 0 Å². The van der Waals surface area contributed by atoms with Crippen LogP contribution < -0.4 is 4.74 Å². The van der Waals surface area contributed by atoms with Gasteiger partial charge < -0.3 is 9.47 Å². The minimum absolute atomic E-state index is 0.0233. The van der Waals surface area contributed by atoms with Crippen LogP contribution in [0.5, 0.6) is 5.75 Å². The molecule has 1 aliphatic rings. The molecule has 0 radical (unpaired) electrons. The van der Waals surface area contributed by atoms with Gasteiger partial charge in [-0.25, -0.2) is 0 Å². The third kappa shape index (κ3) is 7.50. The predicted molar refractivity (Wildman–Crippen MR) is 146 cm³/mol. The van der Waals surface area contributed by atoms with Gasteiger partial charge in [-0.15, -0.1) is 11.6 Å². The first kappa shape index (κ1) is 28.1. The Kier molecular flexibility index (Phi) is 10.3. The second kappa shape index (κ2) is 13.2. The highest BCUT2D eigenvalue weighted by Crippen LogP contribution is 2.45. The second-order valence-corrected chi connectivity index (χ2v) is 11.1. The Morgan fingerprint density at radius 3 is 2.17 bits per heavy atom. The van der Waals surface area contributed by atoms with E-state index in [-0.39, 0.29) is 24.0 Å². The van der Waals surface area contributed by atoms with E-state index >= 15 is 0 Å². The minimum Gasteiger partial charge on any atom is -0.490 e. The quantitative estimate of drug-likeness (QED) is 0.226. The third-order valence-electron chi connectivity index (χ3n) is 7.37. The number of benzene rings is 2. The number of rotatable bonds is 11. The van der Waals surface area contributed by atoms with E-state index in [2.05, 4.69) is 37.3 Å². The van der Waals surface area contributed by atoms with E-state index in [0.717, 1.165) is 56.3 Å². The lowest BCUT2D eigenvalue weighted by molar-refractivity contribution is -0.149. The van der Waals surface area contributed by atoms with Crippen LogP contribution in [0, 0.1) is 22.7 Å². The fourth-order valence-corrected chi connectivity index (χ4v) is 4.96. The van der Waals surface area contributed by atoms with Crippen LogP contribution in [0.3, 0.4) is 0 Å². The van der Waals surface area contributed by atoms with Gasteiger partial charge in [0.15, 0.2) is 0 Å². The number of hydrogen-bond donors (Lipinski definition) is 0. The summed E-state index contributed by atoms with van der Waals surface area (Å²) < 4.78 is 11.2. The Morgan fingerprint density at radius 2 is 1.64 bits per heavy atom. The molecule has 1 fully saturated rings. The lowest BCUT2D eigenvalue weighted by Crippen LogP contribution is -2.29. The molecule has 0 aromatic heterocycles. The van der Waals surface area contributed by atoms with Crippen molar-refractivity contribution in [2.24, 2.45) is 11.3 Å². The Hall–Kier alpha value is -2.51. The average molecular weight is 510 g/mol. The molecule has 0 spiro atoms. The number of halogens is 1. The number of unbranched alkanes of at least 4 members (excludes halogenated alkanes) is 1. The van der Waals surface area contributed by atoms with Crippen LogP contribution in [-0.2, 0) is 9.53 Å². The summed E-state index contributed by atoms with van der Waals surface area (Å²) in [5.41, 5.74) is 3.57. The van der Waals surface area contributed by atoms with Gasteiger partial charge in [0.25, 0.3) is 0 Å².